The molecule has 8 heteroatoms. The number of nitrogens with one attached hydrogen (secondary N) is 1. The Labute approximate surface area is 102 Å². The summed E-state index contributed by atoms with van der Waals surface area (Å²) in [6, 6.07) is 2.16. The van der Waals surface area contributed by atoms with Crippen molar-refractivity contribution in [3.05, 3.63) is 33.6 Å². The average molecular weight is 257 g/mol. The highest BCUT2D eigenvalue weighted by molar-refractivity contribution is 5.65. The lowest BCUT2D eigenvalue weighted by Gasteiger charge is -2.08. The summed E-state index contributed by atoms with van der Waals surface area (Å²) in [5.74, 6) is -0.652. The van der Waals surface area contributed by atoms with Gasteiger partial charge in [0.25, 0.3) is 5.69 Å². The molecule has 0 aromatic heterocycles. The van der Waals surface area contributed by atoms with Crippen LogP contribution in [0.1, 0.15) is 5.56 Å². The number of hydrogen-bond donors (Lipinski definition) is 2. The number of nitrogens with zero attached hydrogens (tertiary/aromatic N) is 1. The predicted octanol–water partition coefficient (Wildman–Crippen LogP) is 1.55. The van der Waals surface area contributed by atoms with Gasteiger partial charge in [-0.25, -0.2) is 9.18 Å². The molecule has 0 aliphatic heterocycles. The SMILES string of the molecule is Cc1cc(NCCOC(N)=O)c([N+](=O)[O-])cc1F. The maximum atomic E-state index is 13.2. The number of hydrogen-bond acceptors (Lipinski definition) is 5. The molecule has 7 nitrogen and oxygen atoms in total. The zero-order chi connectivity index (χ0) is 13.7. The zero-order valence-corrected chi connectivity index (χ0v) is 9.60. The van der Waals surface area contributed by atoms with E-state index in [1.165, 1.54) is 13.0 Å². The molecule has 0 aliphatic carbocycles. The largest absolute Gasteiger partial charge is 0.448 e. The lowest BCUT2D eigenvalue weighted by molar-refractivity contribution is -0.384. The molecule has 0 saturated heterocycles. The Hall–Kier alpha value is -2.38. The number of rotatable bonds is 5. The summed E-state index contributed by atoms with van der Waals surface area (Å²) in [4.78, 5) is 20.3. The summed E-state index contributed by atoms with van der Waals surface area (Å²) in [5.41, 5.74) is 4.81. The fraction of sp³-hybridized carbons (Fsp3) is 0.300. The van der Waals surface area contributed by atoms with E-state index in [0.717, 1.165) is 6.07 Å². The molecule has 0 heterocycles. The van der Waals surface area contributed by atoms with E-state index in [0.29, 0.717) is 0 Å². The van der Waals surface area contributed by atoms with Gasteiger partial charge in [-0.05, 0) is 18.6 Å². The minimum Gasteiger partial charge on any atom is -0.448 e. The van der Waals surface area contributed by atoms with Gasteiger partial charge < -0.3 is 15.8 Å². The molecule has 18 heavy (non-hydrogen) atoms. The molecule has 3 N–H and O–H groups in total. The van der Waals surface area contributed by atoms with Gasteiger partial charge in [0.2, 0.25) is 0 Å². The van der Waals surface area contributed by atoms with Gasteiger partial charge in [0, 0.05) is 6.54 Å². The maximum Gasteiger partial charge on any atom is 0.404 e. The zero-order valence-electron chi connectivity index (χ0n) is 9.60. The first-order valence-corrected chi connectivity index (χ1v) is 5.02. The lowest BCUT2D eigenvalue weighted by atomic mass is 10.2. The summed E-state index contributed by atoms with van der Waals surface area (Å²) in [5, 5.41) is 13.4. The summed E-state index contributed by atoms with van der Waals surface area (Å²) >= 11 is 0. The molecule has 0 unspecified atom stereocenters. The second-order valence-electron chi connectivity index (χ2n) is 3.47. The van der Waals surface area contributed by atoms with Crippen LogP contribution in [0.15, 0.2) is 12.1 Å². The van der Waals surface area contributed by atoms with E-state index in [1.54, 1.807) is 0 Å². The second kappa shape index (κ2) is 5.80. The van der Waals surface area contributed by atoms with Crippen LogP contribution in [0.4, 0.5) is 20.6 Å². The quantitative estimate of drug-likeness (QED) is 0.472. The number of benzene rings is 1. The van der Waals surface area contributed by atoms with Crippen molar-refractivity contribution in [1.29, 1.82) is 0 Å². The average Bonchev–Trinajstić information content (AvgIpc) is 2.28. The molecule has 1 rings (SSSR count). The molecule has 0 radical (unpaired) electrons. The molecule has 1 aromatic rings. The molecule has 0 atom stereocenters. The van der Waals surface area contributed by atoms with Crippen molar-refractivity contribution in [3.8, 4) is 0 Å². The van der Waals surface area contributed by atoms with E-state index in [4.69, 9.17) is 5.73 Å². The first-order valence-electron chi connectivity index (χ1n) is 5.02. The van der Waals surface area contributed by atoms with Gasteiger partial charge in [-0.15, -0.1) is 0 Å². The van der Waals surface area contributed by atoms with Crippen molar-refractivity contribution < 1.29 is 18.8 Å². The Bertz CT molecular complexity index is 478. The van der Waals surface area contributed by atoms with Crippen LogP contribution in [0.2, 0.25) is 0 Å². The first kappa shape index (κ1) is 13.7. The van der Waals surface area contributed by atoms with Crippen LogP contribution in [-0.2, 0) is 4.74 Å². The maximum absolute atomic E-state index is 13.2. The molecule has 1 aromatic carbocycles. The first-order chi connectivity index (χ1) is 8.41. The van der Waals surface area contributed by atoms with Crippen LogP contribution in [0, 0.1) is 22.9 Å². The molecule has 1 amide bonds. The van der Waals surface area contributed by atoms with Crippen LogP contribution in [0.3, 0.4) is 0 Å². The number of aryl methyl sites for hydroxylation is 1. The molecule has 0 fully saturated rings. The fourth-order valence-corrected chi connectivity index (χ4v) is 1.30. The minimum atomic E-state index is -0.929. The second-order valence-corrected chi connectivity index (χ2v) is 3.47. The number of carbonyl (C=O) groups excluding carboxylic acids is 1. The Balaban J connectivity index is 2.77. The van der Waals surface area contributed by atoms with Crippen molar-refractivity contribution >= 4 is 17.5 Å². The van der Waals surface area contributed by atoms with Gasteiger partial charge in [0.1, 0.15) is 18.1 Å². The molecular weight excluding hydrogens is 245 g/mol. The van der Waals surface area contributed by atoms with Gasteiger partial charge in [0.05, 0.1) is 11.0 Å². The Kier molecular flexibility index (Phi) is 4.41. The number of primary amides is 1. The molecule has 0 bridgehead atoms. The Morgan fingerprint density at radius 2 is 2.28 bits per heavy atom. The van der Waals surface area contributed by atoms with E-state index in [9.17, 15) is 19.3 Å². The highest BCUT2D eigenvalue weighted by atomic mass is 19.1. The number of nitro benzene ring substituents is 1. The number of anilines is 1. The number of nitrogens with two attached hydrogens (primary N) is 1. The highest BCUT2D eigenvalue weighted by Gasteiger charge is 2.16. The smallest absolute Gasteiger partial charge is 0.404 e. The minimum absolute atomic E-state index is 0.0388. The van der Waals surface area contributed by atoms with Gasteiger partial charge in [-0.3, -0.25) is 10.1 Å². The van der Waals surface area contributed by atoms with E-state index in [-0.39, 0.29) is 30.1 Å². The van der Waals surface area contributed by atoms with Crippen molar-refractivity contribution in [3.63, 3.8) is 0 Å². The van der Waals surface area contributed by atoms with Crippen molar-refractivity contribution in [2.24, 2.45) is 5.73 Å². The third kappa shape index (κ3) is 3.58. The van der Waals surface area contributed by atoms with Crippen LogP contribution in [0.5, 0.6) is 0 Å². The summed E-state index contributed by atoms with van der Waals surface area (Å²) in [6.45, 7) is 1.59. The third-order valence-electron chi connectivity index (χ3n) is 2.14. The van der Waals surface area contributed by atoms with Gasteiger partial charge in [-0.2, -0.15) is 0 Å². The van der Waals surface area contributed by atoms with E-state index in [1.807, 2.05) is 0 Å². The fourth-order valence-electron chi connectivity index (χ4n) is 1.30. The third-order valence-corrected chi connectivity index (χ3v) is 2.14. The molecular formula is C10H12FN3O4. The van der Waals surface area contributed by atoms with Gasteiger partial charge in [0.15, 0.2) is 0 Å². The van der Waals surface area contributed by atoms with E-state index in [2.05, 4.69) is 10.1 Å². The lowest BCUT2D eigenvalue weighted by Crippen LogP contribution is -2.18. The van der Waals surface area contributed by atoms with Gasteiger partial charge in [-0.1, -0.05) is 0 Å². The Morgan fingerprint density at radius 1 is 1.61 bits per heavy atom. The number of carbonyl (C=O) groups is 1. The number of amides is 1. The van der Waals surface area contributed by atoms with Crippen LogP contribution in [0.25, 0.3) is 0 Å². The van der Waals surface area contributed by atoms with E-state index < -0.39 is 16.8 Å². The predicted molar refractivity (Wildman–Crippen MR) is 61.8 cm³/mol. The number of ether oxygens (including phenoxy) is 1. The number of halogens is 1. The van der Waals surface area contributed by atoms with Crippen molar-refractivity contribution in [2.45, 2.75) is 6.92 Å². The summed E-state index contributed by atoms with van der Waals surface area (Å²) in [7, 11) is 0. The van der Waals surface area contributed by atoms with Crippen molar-refractivity contribution in [2.75, 3.05) is 18.5 Å². The normalized spacial score (nSPS) is 9.89. The molecule has 0 aliphatic rings. The monoisotopic (exact) mass is 257 g/mol. The van der Waals surface area contributed by atoms with E-state index >= 15 is 0 Å². The summed E-state index contributed by atoms with van der Waals surface area (Å²) in [6.07, 6.45) is -0.929. The van der Waals surface area contributed by atoms with Crippen LogP contribution < -0.4 is 11.1 Å². The van der Waals surface area contributed by atoms with Gasteiger partial charge >= 0.3 is 6.09 Å². The Morgan fingerprint density at radius 3 is 2.83 bits per heavy atom. The van der Waals surface area contributed by atoms with Crippen LogP contribution >= 0.6 is 0 Å². The highest BCUT2D eigenvalue weighted by Crippen LogP contribution is 2.27. The molecule has 0 saturated carbocycles. The van der Waals surface area contributed by atoms with Crippen LogP contribution in [-0.4, -0.2) is 24.2 Å². The topological polar surface area (TPSA) is 107 Å². The number of nitro groups is 1. The standard InChI is InChI=1S/C10H12FN3O4/c1-6-4-8(13-2-3-18-10(12)15)9(14(16)17)5-7(6)11/h4-5,13H,2-3H2,1H3,(H2,12,15). The van der Waals surface area contributed by atoms with Crippen molar-refractivity contribution in [1.82, 2.24) is 0 Å². The summed E-state index contributed by atoms with van der Waals surface area (Å²) < 4.78 is 17.6. The molecule has 0 spiro atoms. The molecule has 98 valence electrons.